The Labute approximate surface area is 204 Å². The van der Waals surface area contributed by atoms with Gasteiger partial charge in [-0.1, -0.05) is 0 Å². The van der Waals surface area contributed by atoms with Crippen molar-refractivity contribution in [3.8, 4) is 0 Å². The number of rotatable bonds is 9. The lowest BCUT2D eigenvalue weighted by atomic mass is 9.86. The third kappa shape index (κ3) is 5.80. The predicted molar refractivity (Wildman–Crippen MR) is 133 cm³/mol. The van der Waals surface area contributed by atoms with Crippen molar-refractivity contribution in [1.29, 1.82) is 0 Å². The van der Waals surface area contributed by atoms with Gasteiger partial charge in [-0.3, -0.25) is 4.79 Å². The van der Waals surface area contributed by atoms with Crippen molar-refractivity contribution >= 4 is 48.3 Å². The summed E-state index contributed by atoms with van der Waals surface area (Å²) >= 11 is 0. The number of sulfonamides is 1. The fourth-order valence-corrected chi connectivity index (χ4v) is 5.62. The number of sulfone groups is 1. The van der Waals surface area contributed by atoms with E-state index < -0.39 is 19.9 Å². The molecule has 1 unspecified atom stereocenters. The summed E-state index contributed by atoms with van der Waals surface area (Å²) in [6.45, 7) is 0.318. The first-order chi connectivity index (χ1) is 16.6. The van der Waals surface area contributed by atoms with E-state index in [1.165, 1.54) is 31.8 Å². The van der Waals surface area contributed by atoms with E-state index in [9.17, 15) is 21.6 Å². The molecule has 0 radical (unpaired) electrons. The van der Waals surface area contributed by atoms with Crippen LogP contribution in [-0.4, -0.2) is 63.3 Å². The summed E-state index contributed by atoms with van der Waals surface area (Å²) < 4.78 is 48.8. The highest BCUT2D eigenvalue weighted by Crippen LogP contribution is 2.35. The number of benzene rings is 1. The second-order valence-electron chi connectivity index (χ2n) is 8.60. The lowest BCUT2D eigenvalue weighted by Gasteiger charge is -2.22. The van der Waals surface area contributed by atoms with E-state index in [1.54, 1.807) is 12.1 Å². The van der Waals surface area contributed by atoms with E-state index in [1.807, 2.05) is 0 Å². The number of nitrogens with one attached hydrogen (secondary N) is 4. The van der Waals surface area contributed by atoms with E-state index in [4.69, 9.17) is 0 Å². The minimum Gasteiger partial charge on any atom is -0.356 e. The van der Waals surface area contributed by atoms with Crippen molar-refractivity contribution in [3.63, 3.8) is 0 Å². The molecule has 1 amide bonds. The number of amides is 1. The Hall–Kier alpha value is -3.03. The number of fused-ring (bicyclic) bond motifs is 3. The number of anilines is 2. The van der Waals surface area contributed by atoms with Crippen LogP contribution in [0.1, 0.15) is 24.1 Å². The molecule has 11 nitrogen and oxygen atoms in total. The van der Waals surface area contributed by atoms with Gasteiger partial charge in [0.05, 0.1) is 16.0 Å². The topological polar surface area (TPSA) is 163 Å². The van der Waals surface area contributed by atoms with E-state index in [0.717, 1.165) is 16.6 Å². The summed E-state index contributed by atoms with van der Waals surface area (Å²) in [6.07, 6.45) is 4.87. The third-order valence-electron chi connectivity index (χ3n) is 6.03. The minimum atomic E-state index is -3.53. The van der Waals surface area contributed by atoms with Crippen LogP contribution < -0.4 is 15.4 Å². The lowest BCUT2D eigenvalue weighted by Crippen LogP contribution is -2.35. The first kappa shape index (κ1) is 25.1. The largest absolute Gasteiger partial charge is 0.356 e. The van der Waals surface area contributed by atoms with Crippen molar-refractivity contribution < 1.29 is 21.6 Å². The van der Waals surface area contributed by atoms with Crippen LogP contribution in [0.5, 0.6) is 0 Å². The summed E-state index contributed by atoms with van der Waals surface area (Å²) in [5.74, 6) is 0.273. The number of nitrogens with zero attached hydrogens (tertiary/aromatic N) is 2. The van der Waals surface area contributed by atoms with Gasteiger partial charge in [0.25, 0.3) is 0 Å². The van der Waals surface area contributed by atoms with Gasteiger partial charge in [0.1, 0.15) is 27.6 Å². The highest BCUT2D eigenvalue weighted by atomic mass is 32.2. The smallest absolute Gasteiger partial charge is 0.240 e. The quantitative estimate of drug-likeness (QED) is 0.307. The molecule has 0 saturated carbocycles. The van der Waals surface area contributed by atoms with Gasteiger partial charge in [-0.05, 0) is 62.6 Å². The molecule has 0 aliphatic heterocycles. The van der Waals surface area contributed by atoms with Crippen LogP contribution in [0.15, 0.2) is 35.5 Å². The molecule has 2 aromatic heterocycles. The van der Waals surface area contributed by atoms with Gasteiger partial charge < -0.3 is 15.6 Å². The van der Waals surface area contributed by atoms with Crippen LogP contribution in [-0.2, 0) is 37.5 Å². The molecular weight excluding hydrogens is 492 g/mol. The number of aromatic amines is 1. The maximum Gasteiger partial charge on any atom is 0.240 e. The Morgan fingerprint density at radius 1 is 1.14 bits per heavy atom. The molecule has 0 bridgehead atoms. The van der Waals surface area contributed by atoms with Crippen LogP contribution in [0, 0.1) is 5.92 Å². The summed E-state index contributed by atoms with van der Waals surface area (Å²) in [5.41, 5.74) is 3.31. The first-order valence-electron chi connectivity index (χ1n) is 11.2. The van der Waals surface area contributed by atoms with E-state index in [-0.39, 0.29) is 22.5 Å². The van der Waals surface area contributed by atoms with Crippen LogP contribution in [0.25, 0.3) is 11.0 Å². The number of carbonyl (C=O) groups is 1. The monoisotopic (exact) mass is 520 g/mol. The summed E-state index contributed by atoms with van der Waals surface area (Å²) in [4.78, 5) is 25.0. The summed E-state index contributed by atoms with van der Waals surface area (Å²) in [7, 11) is -5.23. The number of hydrogen-bond donors (Lipinski definition) is 4. The number of aromatic nitrogens is 3. The standard InChI is InChI=1S/C22H28N6O5S2/c1-23-35(32,33)16-7-5-15(6-8-16)27-20-19-17-12-14(22(29)24-10-3-11-34(2,30)31)4-9-18(17)28-21(19)26-13-25-20/h5-8,13-14,23H,3-4,9-12H2,1-2H3,(H,24,29)(H2,25,26,27,28). The molecule has 1 aliphatic rings. The molecule has 35 heavy (non-hydrogen) atoms. The molecule has 2 heterocycles. The molecule has 0 fully saturated rings. The highest BCUT2D eigenvalue weighted by molar-refractivity contribution is 7.90. The molecular formula is C22H28N6O5S2. The first-order valence-corrected chi connectivity index (χ1v) is 14.7. The van der Waals surface area contributed by atoms with Gasteiger partial charge in [-0.15, -0.1) is 0 Å². The van der Waals surface area contributed by atoms with E-state index in [2.05, 4.69) is 30.3 Å². The van der Waals surface area contributed by atoms with Crippen LogP contribution in [0.3, 0.4) is 0 Å². The van der Waals surface area contributed by atoms with Gasteiger partial charge in [-0.25, -0.2) is 31.5 Å². The van der Waals surface area contributed by atoms with Gasteiger partial charge in [0.15, 0.2) is 0 Å². The maximum absolute atomic E-state index is 12.7. The predicted octanol–water partition coefficient (Wildman–Crippen LogP) is 1.27. The highest BCUT2D eigenvalue weighted by Gasteiger charge is 2.29. The Morgan fingerprint density at radius 3 is 2.57 bits per heavy atom. The molecule has 1 aliphatic carbocycles. The number of hydrogen-bond acceptors (Lipinski definition) is 8. The number of aryl methyl sites for hydroxylation is 1. The van der Waals surface area contributed by atoms with Crippen molar-refractivity contribution in [2.75, 3.05) is 30.9 Å². The molecule has 0 spiro atoms. The zero-order valence-corrected chi connectivity index (χ0v) is 21.1. The van der Waals surface area contributed by atoms with E-state index in [0.29, 0.717) is 49.4 Å². The summed E-state index contributed by atoms with van der Waals surface area (Å²) in [5, 5.41) is 6.89. The molecule has 4 N–H and O–H groups in total. The minimum absolute atomic E-state index is 0.0405. The Bertz CT molecular complexity index is 1450. The lowest BCUT2D eigenvalue weighted by molar-refractivity contribution is -0.125. The average Bonchev–Trinajstić information content (AvgIpc) is 3.20. The van der Waals surface area contributed by atoms with Crippen molar-refractivity contribution in [3.05, 3.63) is 41.9 Å². The molecule has 13 heteroatoms. The fourth-order valence-electron chi connectivity index (χ4n) is 4.22. The van der Waals surface area contributed by atoms with Gasteiger partial charge in [0.2, 0.25) is 15.9 Å². The maximum atomic E-state index is 12.7. The molecule has 3 aromatic rings. The Kier molecular flexibility index (Phi) is 7.10. The second-order valence-corrected chi connectivity index (χ2v) is 12.7. The molecule has 188 valence electrons. The van der Waals surface area contributed by atoms with Crippen LogP contribution in [0.4, 0.5) is 11.5 Å². The number of H-pyrrole nitrogens is 1. The molecule has 1 aromatic carbocycles. The number of carbonyl (C=O) groups excluding carboxylic acids is 1. The SMILES string of the molecule is CNS(=O)(=O)c1ccc(Nc2ncnc3[nH]c4c(c23)CC(C(=O)NCCCS(C)(=O)=O)CC4)cc1. The van der Waals surface area contributed by atoms with E-state index >= 15 is 0 Å². The molecule has 1 atom stereocenters. The van der Waals surface area contributed by atoms with Gasteiger partial charge in [-0.2, -0.15) is 0 Å². The third-order valence-corrected chi connectivity index (χ3v) is 8.49. The van der Waals surface area contributed by atoms with Gasteiger partial charge >= 0.3 is 0 Å². The molecule has 0 saturated heterocycles. The Morgan fingerprint density at radius 2 is 1.89 bits per heavy atom. The zero-order valence-electron chi connectivity index (χ0n) is 19.5. The zero-order chi connectivity index (χ0) is 25.2. The Balaban J connectivity index is 1.52. The van der Waals surface area contributed by atoms with Crippen molar-refractivity contribution in [2.24, 2.45) is 5.92 Å². The second kappa shape index (κ2) is 9.91. The van der Waals surface area contributed by atoms with Crippen LogP contribution in [0.2, 0.25) is 0 Å². The van der Waals surface area contributed by atoms with Crippen molar-refractivity contribution in [2.45, 2.75) is 30.6 Å². The van der Waals surface area contributed by atoms with Gasteiger partial charge in [0, 0.05) is 30.1 Å². The summed E-state index contributed by atoms with van der Waals surface area (Å²) in [6, 6.07) is 6.32. The fraction of sp³-hybridized carbons (Fsp3) is 0.409. The molecule has 4 rings (SSSR count). The normalized spacial score (nSPS) is 16.1. The van der Waals surface area contributed by atoms with Crippen LogP contribution >= 0.6 is 0 Å². The van der Waals surface area contributed by atoms with Crippen molar-refractivity contribution in [1.82, 2.24) is 25.0 Å². The average molecular weight is 521 g/mol.